The molecule has 3 unspecified atom stereocenters. The van der Waals surface area contributed by atoms with Gasteiger partial charge in [0.25, 0.3) is 0 Å². The molecule has 2 saturated heterocycles. The third-order valence-corrected chi connectivity index (χ3v) is 5.92. The highest BCUT2D eigenvalue weighted by atomic mass is 19.1. The first kappa shape index (κ1) is 21.8. The van der Waals surface area contributed by atoms with E-state index in [1.165, 1.54) is 18.5 Å². The highest BCUT2D eigenvalue weighted by Crippen LogP contribution is 2.35. The summed E-state index contributed by atoms with van der Waals surface area (Å²) in [7, 11) is 1.60. The molecule has 0 bridgehead atoms. The van der Waals surface area contributed by atoms with Crippen LogP contribution in [0.1, 0.15) is 12.8 Å². The maximum absolute atomic E-state index is 13.2. The van der Waals surface area contributed by atoms with Gasteiger partial charge in [0.15, 0.2) is 11.5 Å². The van der Waals surface area contributed by atoms with Crippen LogP contribution in [0.2, 0.25) is 0 Å². The lowest BCUT2D eigenvalue weighted by atomic mass is 10.1. The van der Waals surface area contributed by atoms with Crippen molar-refractivity contribution in [2.24, 2.45) is 0 Å². The van der Waals surface area contributed by atoms with E-state index in [1.54, 1.807) is 19.2 Å². The van der Waals surface area contributed by atoms with Crippen LogP contribution in [-0.2, 0) is 9.47 Å². The number of fused-ring (bicyclic) bond motifs is 2. The van der Waals surface area contributed by atoms with E-state index in [0.29, 0.717) is 36.0 Å². The quantitative estimate of drug-likeness (QED) is 0.501. The zero-order valence-corrected chi connectivity index (χ0v) is 18.4. The van der Waals surface area contributed by atoms with Crippen molar-refractivity contribution in [3.05, 3.63) is 48.5 Å². The van der Waals surface area contributed by atoms with Crippen molar-refractivity contribution < 1.29 is 23.3 Å². The van der Waals surface area contributed by atoms with Gasteiger partial charge in [0.1, 0.15) is 18.0 Å². The summed E-state index contributed by atoms with van der Waals surface area (Å²) < 4.78 is 36.8. The number of halogens is 1. The van der Waals surface area contributed by atoms with Gasteiger partial charge in [0.2, 0.25) is 0 Å². The van der Waals surface area contributed by atoms with Gasteiger partial charge < -0.3 is 29.6 Å². The van der Waals surface area contributed by atoms with Crippen molar-refractivity contribution in [3.8, 4) is 11.5 Å². The molecular weight excluding hydrogens is 427 g/mol. The molecule has 174 valence electrons. The molecule has 0 amide bonds. The van der Waals surface area contributed by atoms with Gasteiger partial charge in [-0.1, -0.05) is 0 Å². The minimum absolute atomic E-state index is 0.0909. The number of ether oxygens (including phenoxy) is 4. The molecule has 0 saturated carbocycles. The molecule has 0 radical (unpaired) electrons. The normalized spacial score (nSPS) is 22.2. The first-order valence-corrected chi connectivity index (χ1v) is 11.2. The summed E-state index contributed by atoms with van der Waals surface area (Å²) in [5, 5.41) is 7.30. The largest absolute Gasteiger partial charge is 0.493 e. The smallest absolute Gasteiger partial charge is 0.162 e. The number of methoxy groups -OCH3 is 1. The standard InChI is InChI=1S/C24H27FN4O4/c1-30-20-10-19-18(24(28-14-27-19)29-16-6-4-15(25)5-7-16)9-21(20)31-8-2-3-17-13-32-22-11-26-12-23(22)33-17/h4-7,9-10,14,17,22-23,26H,2-3,8,11-13H2,1H3,(H,27,28,29). The van der Waals surface area contributed by atoms with E-state index in [4.69, 9.17) is 18.9 Å². The van der Waals surface area contributed by atoms with Crippen LogP contribution in [0.3, 0.4) is 0 Å². The Morgan fingerprint density at radius 3 is 2.82 bits per heavy atom. The Morgan fingerprint density at radius 1 is 1.12 bits per heavy atom. The van der Waals surface area contributed by atoms with Gasteiger partial charge in [-0.3, -0.25) is 0 Å². The van der Waals surface area contributed by atoms with Crippen LogP contribution in [-0.4, -0.2) is 61.7 Å². The number of hydrogen-bond acceptors (Lipinski definition) is 8. The molecule has 0 aliphatic carbocycles. The third-order valence-electron chi connectivity index (χ3n) is 5.92. The van der Waals surface area contributed by atoms with Crippen molar-refractivity contribution in [2.45, 2.75) is 31.2 Å². The van der Waals surface area contributed by atoms with Gasteiger partial charge >= 0.3 is 0 Å². The summed E-state index contributed by atoms with van der Waals surface area (Å²) in [5.74, 6) is 1.53. The molecule has 9 heteroatoms. The highest BCUT2D eigenvalue weighted by Gasteiger charge is 2.35. The van der Waals surface area contributed by atoms with E-state index in [9.17, 15) is 4.39 Å². The molecule has 2 aliphatic heterocycles. The molecule has 3 atom stereocenters. The molecule has 2 aromatic carbocycles. The summed E-state index contributed by atoms with van der Waals surface area (Å²) in [6, 6.07) is 9.81. The average Bonchev–Trinajstić information content (AvgIpc) is 3.31. The minimum Gasteiger partial charge on any atom is -0.493 e. The fraction of sp³-hybridized carbons (Fsp3) is 0.417. The van der Waals surface area contributed by atoms with Gasteiger partial charge in [-0.2, -0.15) is 0 Å². The van der Waals surface area contributed by atoms with Gasteiger partial charge in [-0.05, 0) is 43.2 Å². The summed E-state index contributed by atoms with van der Waals surface area (Å²) >= 11 is 0. The fourth-order valence-corrected chi connectivity index (χ4v) is 4.20. The molecule has 0 spiro atoms. The number of nitrogens with one attached hydrogen (secondary N) is 2. The molecule has 8 nitrogen and oxygen atoms in total. The lowest BCUT2D eigenvalue weighted by Gasteiger charge is -2.32. The Kier molecular flexibility index (Phi) is 6.52. The second-order valence-electron chi connectivity index (χ2n) is 8.19. The predicted octanol–water partition coefficient (Wildman–Crippen LogP) is 3.44. The lowest BCUT2D eigenvalue weighted by Crippen LogP contribution is -2.42. The second kappa shape index (κ2) is 9.86. The fourth-order valence-electron chi connectivity index (χ4n) is 4.20. The van der Waals surface area contributed by atoms with E-state index in [-0.39, 0.29) is 24.1 Å². The molecule has 1 aromatic heterocycles. The van der Waals surface area contributed by atoms with E-state index in [1.807, 2.05) is 12.1 Å². The van der Waals surface area contributed by atoms with Crippen LogP contribution in [0.25, 0.3) is 10.9 Å². The zero-order chi connectivity index (χ0) is 22.6. The van der Waals surface area contributed by atoms with Crippen LogP contribution in [0.5, 0.6) is 11.5 Å². The van der Waals surface area contributed by atoms with Crippen molar-refractivity contribution in [1.29, 1.82) is 0 Å². The van der Waals surface area contributed by atoms with Crippen molar-refractivity contribution in [3.63, 3.8) is 0 Å². The number of rotatable bonds is 8. The lowest BCUT2D eigenvalue weighted by molar-refractivity contribution is -0.162. The van der Waals surface area contributed by atoms with Gasteiger partial charge in [-0.25, -0.2) is 14.4 Å². The van der Waals surface area contributed by atoms with Crippen molar-refractivity contribution in [2.75, 3.05) is 38.7 Å². The number of benzene rings is 2. The van der Waals surface area contributed by atoms with Crippen molar-refractivity contribution in [1.82, 2.24) is 15.3 Å². The van der Waals surface area contributed by atoms with Crippen LogP contribution in [0.15, 0.2) is 42.7 Å². The Morgan fingerprint density at radius 2 is 1.97 bits per heavy atom. The van der Waals surface area contributed by atoms with E-state index in [2.05, 4.69) is 20.6 Å². The summed E-state index contributed by atoms with van der Waals surface area (Å²) in [6.07, 6.45) is 3.58. The summed E-state index contributed by atoms with van der Waals surface area (Å²) in [6.45, 7) is 2.85. The minimum atomic E-state index is -0.293. The molecule has 2 fully saturated rings. The third kappa shape index (κ3) is 5.00. The summed E-state index contributed by atoms with van der Waals surface area (Å²) in [4.78, 5) is 8.71. The Balaban J connectivity index is 1.25. The van der Waals surface area contributed by atoms with Crippen molar-refractivity contribution >= 4 is 22.4 Å². The molecule has 3 heterocycles. The van der Waals surface area contributed by atoms with Gasteiger partial charge in [0.05, 0.1) is 44.2 Å². The SMILES string of the molecule is COc1cc2ncnc(Nc3ccc(F)cc3)c2cc1OCCCC1COC2CNCC2O1. The maximum atomic E-state index is 13.2. The first-order chi connectivity index (χ1) is 16.2. The number of nitrogens with zero attached hydrogens (tertiary/aromatic N) is 2. The van der Waals surface area contributed by atoms with E-state index in [0.717, 1.165) is 37.0 Å². The Hall–Kier alpha value is -3.01. The van der Waals surface area contributed by atoms with Crippen LogP contribution < -0.4 is 20.1 Å². The van der Waals surface area contributed by atoms with Crippen LogP contribution in [0.4, 0.5) is 15.9 Å². The molecule has 2 aliphatic rings. The molecular formula is C24H27FN4O4. The number of hydrogen-bond donors (Lipinski definition) is 2. The maximum Gasteiger partial charge on any atom is 0.162 e. The number of anilines is 2. The van der Waals surface area contributed by atoms with Gasteiger partial charge in [0, 0.05) is 30.2 Å². The molecule has 33 heavy (non-hydrogen) atoms. The van der Waals surface area contributed by atoms with Crippen LogP contribution in [0, 0.1) is 5.82 Å². The topological polar surface area (TPSA) is 86.8 Å². The predicted molar refractivity (Wildman–Crippen MR) is 122 cm³/mol. The summed E-state index contributed by atoms with van der Waals surface area (Å²) in [5.41, 5.74) is 1.44. The second-order valence-corrected chi connectivity index (χ2v) is 8.19. The Bertz CT molecular complexity index is 1100. The Labute approximate surface area is 191 Å². The molecule has 5 rings (SSSR count). The molecule has 3 aromatic rings. The molecule has 2 N–H and O–H groups in total. The van der Waals surface area contributed by atoms with Gasteiger partial charge in [-0.15, -0.1) is 0 Å². The average molecular weight is 455 g/mol. The highest BCUT2D eigenvalue weighted by molar-refractivity contribution is 5.93. The van der Waals surface area contributed by atoms with Crippen LogP contribution >= 0.6 is 0 Å². The van der Waals surface area contributed by atoms with E-state index >= 15 is 0 Å². The number of aromatic nitrogens is 2. The van der Waals surface area contributed by atoms with E-state index < -0.39 is 0 Å². The monoisotopic (exact) mass is 454 g/mol. The first-order valence-electron chi connectivity index (χ1n) is 11.2. The zero-order valence-electron chi connectivity index (χ0n) is 18.4.